The number of nitrogens with two attached hydrogens (primary N) is 1. The molecule has 3 aromatic rings. The molecule has 0 aliphatic heterocycles. The molecule has 0 spiro atoms. The predicted molar refractivity (Wildman–Crippen MR) is 93.7 cm³/mol. The summed E-state index contributed by atoms with van der Waals surface area (Å²) in [7, 11) is 0. The molecule has 2 aromatic carbocycles. The Labute approximate surface area is 140 Å². The minimum atomic E-state index is -0.308. The molecule has 3 rings (SSSR count). The average Bonchev–Trinajstić information content (AvgIpc) is 2.58. The number of rotatable bonds is 2. The van der Waals surface area contributed by atoms with Crippen LogP contribution in [0, 0.1) is 31.0 Å². The Kier molecular flexibility index (Phi) is 4.01. The second-order valence-corrected chi connectivity index (χ2v) is 5.65. The standard InChI is InChI=1S/C20H16FN3/c1-12-5-3-4-6-16(12)18-13(2)19(24-20(23)17(18)11-22)14-7-9-15(21)10-8-14/h3-10H,1-2H3,(H2,23,24). The Morgan fingerprint density at radius 3 is 2.33 bits per heavy atom. The third-order valence-electron chi connectivity index (χ3n) is 4.11. The molecular formula is C20H16FN3. The number of benzene rings is 2. The molecule has 0 unspecified atom stereocenters. The number of hydrogen-bond acceptors (Lipinski definition) is 3. The smallest absolute Gasteiger partial charge is 0.142 e. The van der Waals surface area contributed by atoms with E-state index in [9.17, 15) is 9.65 Å². The molecule has 0 fully saturated rings. The van der Waals surface area contributed by atoms with Gasteiger partial charge >= 0.3 is 0 Å². The number of aromatic nitrogens is 1. The van der Waals surface area contributed by atoms with E-state index in [2.05, 4.69) is 11.1 Å². The van der Waals surface area contributed by atoms with E-state index in [1.807, 2.05) is 38.1 Å². The van der Waals surface area contributed by atoms with Crippen LogP contribution in [-0.4, -0.2) is 4.98 Å². The summed E-state index contributed by atoms with van der Waals surface area (Å²) in [4.78, 5) is 4.39. The molecule has 0 atom stereocenters. The molecule has 0 bridgehead atoms. The van der Waals surface area contributed by atoms with Gasteiger partial charge < -0.3 is 5.73 Å². The Morgan fingerprint density at radius 1 is 1.04 bits per heavy atom. The lowest BCUT2D eigenvalue weighted by atomic mass is 9.90. The van der Waals surface area contributed by atoms with Crippen LogP contribution in [0.1, 0.15) is 16.7 Å². The number of pyridine rings is 1. The van der Waals surface area contributed by atoms with E-state index in [-0.39, 0.29) is 11.6 Å². The SMILES string of the molecule is Cc1ccccc1-c1c(C)c(-c2ccc(F)cc2)nc(N)c1C#N. The monoisotopic (exact) mass is 317 g/mol. The first-order valence-electron chi connectivity index (χ1n) is 7.55. The zero-order valence-electron chi connectivity index (χ0n) is 13.5. The molecule has 0 radical (unpaired) electrons. The molecule has 0 aliphatic carbocycles. The highest BCUT2D eigenvalue weighted by Crippen LogP contribution is 2.37. The Balaban J connectivity index is 2.34. The van der Waals surface area contributed by atoms with E-state index in [0.29, 0.717) is 11.3 Å². The molecule has 0 saturated carbocycles. The molecule has 1 heterocycles. The Hall–Kier alpha value is -3.19. The predicted octanol–water partition coefficient (Wildman–Crippen LogP) is 4.63. The van der Waals surface area contributed by atoms with Gasteiger partial charge in [0.15, 0.2) is 0 Å². The van der Waals surface area contributed by atoms with Crippen molar-refractivity contribution in [1.82, 2.24) is 4.98 Å². The number of anilines is 1. The second-order valence-electron chi connectivity index (χ2n) is 5.65. The summed E-state index contributed by atoms with van der Waals surface area (Å²) in [5.41, 5.74) is 11.5. The third-order valence-corrected chi connectivity index (χ3v) is 4.11. The fourth-order valence-corrected chi connectivity index (χ4v) is 2.89. The lowest BCUT2D eigenvalue weighted by Gasteiger charge is -2.16. The van der Waals surface area contributed by atoms with Crippen LogP contribution in [0.25, 0.3) is 22.4 Å². The van der Waals surface area contributed by atoms with Gasteiger partial charge in [-0.25, -0.2) is 9.37 Å². The zero-order chi connectivity index (χ0) is 17.3. The number of nitrogen functional groups attached to an aromatic ring is 1. The highest BCUT2D eigenvalue weighted by molar-refractivity contribution is 5.85. The van der Waals surface area contributed by atoms with Crippen LogP contribution in [-0.2, 0) is 0 Å². The van der Waals surface area contributed by atoms with Crippen molar-refractivity contribution < 1.29 is 4.39 Å². The van der Waals surface area contributed by atoms with Gasteiger partial charge in [-0.15, -0.1) is 0 Å². The van der Waals surface area contributed by atoms with Crippen LogP contribution < -0.4 is 5.73 Å². The molecule has 1 aromatic heterocycles. The van der Waals surface area contributed by atoms with Gasteiger partial charge in [0.05, 0.1) is 5.69 Å². The molecule has 24 heavy (non-hydrogen) atoms. The van der Waals surface area contributed by atoms with E-state index in [4.69, 9.17) is 5.73 Å². The van der Waals surface area contributed by atoms with Crippen molar-refractivity contribution >= 4 is 5.82 Å². The summed E-state index contributed by atoms with van der Waals surface area (Å²) < 4.78 is 13.2. The number of aryl methyl sites for hydroxylation is 1. The van der Waals surface area contributed by atoms with Crippen molar-refractivity contribution in [3.63, 3.8) is 0 Å². The van der Waals surface area contributed by atoms with E-state index in [1.165, 1.54) is 12.1 Å². The fourth-order valence-electron chi connectivity index (χ4n) is 2.89. The minimum Gasteiger partial charge on any atom is -0.383 e. The number of halogens is 1. The Morgan fingerprint density at radius 2 is 1.71 bits per heavy atom. The molecular weight excluding hydrogens is 301 g/mol. The van der Waals surface area contributed by atoms with Gasteiger partial charge in [0.1, 0.15) is 23.3 Å². The van der Waals surface area contributed by atoms with E-state index in [1.54, 1.807) is 12.1 Å². The minimum absolute atomic E-state index is 0.181. The number of nitrogens with zero attached hydrogens (tertiary/aromatic N) is 2. The van der Waals surface area contributed by atoms with E-state index in [0.717, 1.165) is 27.8 Å². The Bertz CT molecular complexity index is 954. The lowest BCUT2D eigenvalue weighted by Crippen LogP contribution is -2.04. The first kappa shape index (κ1) is 15.7. The first-order chi connectivity index (χ1) is 11.5. The summed E-state index contributed by atoms with van der Waals surface area (Å²) in [6.45, 7) is 3.90. The van der Waals surface area contributed by atoms with Crippen molar-refractivity contribution in [2.75, 3.05) is 5.73 Å². The van der Waals surface area contributed by atoms with E-state index < -0.39 is 0 Å². The van der Waals surface area contributed by atoms with Gasteiger partial charge in [-0.2, -0.15) is 5.26 Å². The van der Waals surface area contributed by atoms with Crippen LogP contribution in [0.15, 0.2) is 48.5 Å². The largest absolute Gasteiger partial charge is 0.383 e. The van der Waals surface area contributed by atoms with E-state index >= 15 is 0 Å². The average molecular weight is 317 g/mol. The summed E-state index contributed by atoms with van der Waals surface area (Å²) in [5.74, 6) is -0.127. The molecule has 0 aliphatic rings. The van der Waals surface area contributed by atoms with Gasteiger partial charge in [-0.3, -0.25) is 0 Å². The second kappa shape index (κ2) is 6.13. The molecule has 4 heteroatoms. The van der Waals surface area contributed by atoms with Crippen LogP contribution in [0.2, 0.25) is 0 Å². The van der Waals surface area contributed by atoms with Crippen LogP contribution in [0.4, 0.5) is 10.2 Å². The maximum atomic E-state index is 13.2. The highest BCUT2D eigenvalue weighted by atomic mass is 19.1. The normalized spacial score (nSPS) is 10.4. The maximum Gasteiger partial charge on any atom is 0.142 e. The summed E-state index contributed by atoms with van der Waals surface area (Å²) in [6, 6.07) is 16.1. The number of hydrogen-bond donors (Lipinski definition) is 1. The van der Waals surface area contributed by atoms with Crippen molar-refractivity contribution in [1.29, 1.82) is 5.26 Å². The third kappa shape index (κ3) is 2.61. The van der Waals surface area contributed by atoms with Crippen LogP contribution in [0.3, 0.4) is 0 Å². The highest BCUT2D eigenvalue weighted by Gasteiger charge is 2.19. The topological polar surface area (TPSA) is 62.7 Å². The quantitative estimate of drug-likeness (QED) is 0.750. The van der Waals surface area contributed by atoms with Crippen LogP contribution >= 0.6 is 0 Å². The summed E-state index contributed by atoms with van der Waals surface area (Å²) in [6.07, 6.45) is 0. The van der Waals surface area contributed by atoms with Gasteiger partial charge in [0.2, 0.25) is 0 Å². The summed E-state index contributed by atoms with van der Waals surface area (Å²) in [5, 5.41) is 9.55. The zero-order valence-corrected chi connectivity index (χ0v) is 13.5. The molecule has 3 nitrogen and oxygen atoms in total. The van der Waals surface area contributed by atoms with Crippen molar-refractivity contribution in [2.45, 2.75) is 13.8 Å². The van der Waals surface area contributed by atoms with Gasteiger partial charge in [-0.05, 0) is 54.8 Å². The first-order valence-corrected chi connectivity index (χ1v) is 7.55. The lowest BCUT2D eigenvalue weighted by molar-refractivity contribution is 0.628. The summed E-state index contributed by atoms with van der Waals surface area (Å²) >= 11 is 0. The molecule has 118 valence electrons. The maximum absolute atomic E-state index is 13.2. The number of nitriles is 1. The fraction of sp³-hybridized carbons (Fsp3) is 0.100. The van der Waals surface area contributed by atoms with Gasteiger partial charge in [0, 0.05) is 11.1 Å². The van der Waals surface area contributed by atoms with Crippen molar-refractivity contribution in [3.8, 4) is 28.5 Å². The van der Waals surface area contributed by atoms with Gasteiger partial charge in [-0.1, -0.05) is 24.3 Å². The van der Waals surface area contributed by atoms with Crippen molar-refractivity contribution in [3.05, 3.63) is 71.0 Å². The van der Waals surface area contributed by atoms with Crippen LogP contribution in [0.5, 0.6) is 0 Å². The molecule has 0 amide bonds. The molecule has 2 N–H and O–H groups in total. The van der Waals surface area contributed by atoms with Gasteiger partial charge in [0.25, 0.3) is 0 Å². The van der Waals surface area contributed by atoms with Crippen molar-refractivity contribution in [2.24, 2.45) is 0 Å². The molecule has 0 saturated heterocycles.